The van der Waals surface area contributed by atoms with Gasteiger partial charge in [-0.25, -0.2) is 4.68 Å². The van der Waals surface area contributed by atoms with Crippen molar-refractivity contribution in [2.24, 2.45) is 11.8 Å². The minimum atomic E-state index is 0.853. The molecule has 0 bridgehead atoms. The zero-order chi connectivity index (χ0) is 13.4. The van der Waals surface area contributed by atoms with Crippen LogP contribution in [0.25, 0.3) is 5.69 Å². The van der Waals surface area contributed by atoms with Crippen molar-refractivity contribution < 1.29 is 0 Å². The summed E-state index contributed by atoms with van der Waals surface area (Å²) < 4.78 is 1.97. The van der Waals surface area contributed by atoms with Gasteiger partial charge in [-0.1, -0.05) is 18.2 Å². The Morgan fingerprint density at radius 2 is 1.80 bits per heavy atom. The second kappa shape index (κ2) is 5.04. The van der Waals surface area contributed by atoms with E-state index in [0.717, 1.165) is 24.1 Å². The highest BCUT2D eigenvalue weighted by molar-refractivity contribution is 5.30. The molecule has 104 valence electrons. The van der Waals surface area contributed by atoms with Crippen LogP contribution in [-0.4, -0.2) is 40.9 Å². The Balaban J connectivity index is 1.44. The van der Waals surface area contributed by atoms with Crippen LogP contribution >= 0.6 is 0 Å². The van der Waals surface area contributed by atoms with E-state index in [1.165, 1.54) is 31.9 Å². The highest BCUT2D eigenvalue weighted by Gasteiger charge is 2.35. The Morgan fingerprint density at radius 1 is 1.05 bits per heavy atom. The van der Waals surface area contributed by atoms with Crippen molar-refractivity contribution in [1.82, 2.24) is 20.0 Å². The topological polar surface area (TPSA) is 33.1 Å². The smallest absolute Gasteiger partial charge is 0.0769 e. The molecular formula is C16H20N4. The van der Waals surface area contributed by atoms with Gasteiger partial charge in [-0.05, 0) is 43.1 Å². The monoisotopic (exact) mass is 268 g/mol. The second-order valence-corrected chi connectivity index (χ2v) is 5.96. The summed E-state index contributed by atoms with van der Waals surface area (Å²) in [7, 11) is 0. The van der Waals surface area contributed by atoms with Gasteiger partial charge >= 0.3 is 0 Å². The summed E-state index contributed by atoms with van der Waals surface area (Å²) in [5.41, 5.74) is 2.29. The molecule has 0 radical (unpaired) electrons. The average molecular weight is 268 g/mol. The normalized spacial score (nSPS) is 26.0. The number of aromatic nitrogens is 2. The number of hydrogen-bond donors (Lipinski definition) is 1. The maximum atomic E-state index is 4.70. The Hall–Kier alpha value is -1.65. The van der Waals surface area contributed by atoms with Gasteiger partial charge in [-0.3, -0.25) is 4.90 Å². The van der Waals surface area contributed by atoms with Crippen molar-refractivity contribution in [3.05, 3.63) is 48.3 Å². The van der Waals surface area contributed by atoms with Crippen molar-refractivity contribution in [2.45, 2.75) is 6.54 Å². The van der Waals surface area contributed by atoms with Crippen LogP contribution in [0.15, 0.2) is 42.6 Å². The maximum absolute atomic E-state index is 4.70. The molecule has 2 aromatic rings. The van der Waals surface area contributed by atoms with E-state index in [0.29, 0.717) is 0 Å². The first-order valence-corrected chi connectivity index (χ1v) is 7.41. The number of para-hydroxylation sites is 1. The molecule has 1 aromatic carbocycles. The van der Waals surface area contributed by atoms with E-state index >= 15 is 0 Å². The first-order chi connectivity index (χ1) is 9.88. The number of likely N-dealkylation sites (tertiary alicyclic amines) is 1. The predicted octanol–water partition coefficient (Wildman–Crippen LogP) is 1.52. The van der Waals surface area contributed by atoms with E-state index in [2.05, 4.69) is 34.6 Å². The number of hydrogen-bond acceptors (Lipinski definition) is 3. The Morgan fingerprint density at radius 3 is 2.55 bits per heavy atom. The first-order valence-electron chi connectivity index (χ1n) is 7.41. The number of benzene rings is 1. The van der Waals surface area contributed by atoms with Crippen LogP contribution < -0.4 is 5.32 Å². The summed E-state index contributed by atoms with van der Waals surface area (Å²) in [4.78, 5) is 2.55. The molecule has 3 heterocycles. The quantitative estimate of drug-likeness (QED) is 0.916. The molecule has 2 atom stereocenters. The average Bonchev–Trinajstić information content (AvgIpc) is 3.16. The molecule has 4 rings (SSSR count). The molecule has 20 heavy (non-hydrogen) atoms. The van der Waals surface area contributed by atoms with E-state index in [1.54, 1.807) is 0 Å². The molecule has 0 spiro atoms. The summed E-state index contributed by atoms with van der Waals surface area (Å²) in [6, 6.07) is 12.4. The van der Waals surface area contributed by atoms with Crippen LogP contribution in [0.2, 0.25) is 0 Å². The fourth-order valence-corrected chi connectivity index (χ4v) is 3.48. The van der Waals surface area contributed by atoms with Gasteiger partial charge in [0, 0.05) is 25.8 Å². The summed E-state index contributed by atoms with van der Waals surface area (Å²) in [6.07, 6.45) is 2.06. The van der Waals surface area contributed by atoms with E-state index in [9.17, 15) is 0 Å². The summed E-state index contributed by atoms with van der Waals surface area (Å²) in [6.45, 7) is 5.80. The lowest BCUT2D eigenvalue weighted by atomic mass is 10.0. The van der Waals surface area contributed by atoms with Gasteiger partial charge in [0.15, 0.2) is 0 Å². The number of rotatable bonds is 3. The largest absolute Gasteiger partial charge is 0.316 e. The molecule has 1 aromatic heterocycles. The van der Waals surface area contributed by atoms with Crippen LogP contribution in [0.3, 0.4) is 0 Å². The molecule has 4 nitrogen and oxygen atoms in total. The summed E-state index contributed by atoms with van der Waals surface area (Å²) in [5.74, 6) is 1.71. The zero-order valence-electron chi connectivity index (χ0n) is 11.6. The van der Waals surface area contributed by atoms with E-state index < -0.39 is 0 Å². The van der Waals surface area contributed by atoms with E-state index in [4.69, 9.17) is 5.10 Å². The van der Waals surface area contributed by atoms with Crippen molar-refractivity contribution in [3.63, 3.8) is 0 Å². The zero-order valence-corrected chi connectivity index (χ0v) is 11.6. The molecule has 2 saturated heterocycles. The van der Waals surface area contributed by atoms with Crippen molar-refractivity contribution >= 4 is 0 Å². The third kappa shape index (κ3) is 2.25. The van der Waals surface area contributed by atoms with E-state index in [-0.39, 0.29) is 0 Å². The second-order valence-electron chi connectivity index (χ2n) is 5.96. The van der Waals surface area contributed by atoms with Crippen LogP contribution in [-0.2, 0) is 6.54 Å². The van der Waals surface area contributed by atoms with Crippen molar-refractivity contribution in [1.29, 1.82) is 0 Å². The Bertz CT molecular complexity index is 565. The van der Waals surface area contributed by atoms with Crippen molar-refractivity contribution in [3.8, 4) is 5.69 Å². The Kier molecular flexibility index (Phi) is 3.05. The predicted molar refractivity (Wildman–Crippen MR) is 78.7 cm³/mol. The molecule has 2 aliphatic heterocycles. The lowest BCUT2D eigenvalue weighted by molar-refractivity contribution is 0.301. The fraction of sp³-hybridized carbons (Fsp3) is 0.438. The van der Waals surface area contributed by atoms with Gasteiger partial charge in [0.25, 0.3) is 0 Å². The Labute approximate surface area is 119 Å². The van der Waals surface area contributed by atoms with Crippen molar-refractivity contribution in [2.75, 3.05) is 26.2 Å². The van der Waals surface area contributed by atoms with Gasteiger partial charge in [0.05, 0.1) is 11.4 Å². The molecule has 2 fully saturated rings. The minimum Gasteiger partial charge on any atom is -0.316 e. The summed E-state index contributed by atoms with van der Waals surface area (Å²) in [5, 5.41) is 8.19. The molecule has 2 aliphatic rings. The number of nitrogens with one attached hydrogen (secondary N) is 1. The van der Waals surface area contributed by atoms with Gasteiger partial charge in [-0.15, -0.1) is 0 Å². The van der Waals surface area contributed by atoms with Gasteiger partial charge in [0.1, 0.15) is 0 Å². The van der Waals surface area contributed by atoms with Crippen LogP contribution in [0.4, 0.5) is 0 Å². The van der Waals surface area contributed by atoms with Gasteiger partial charge in [-0.2, -0.15) is 5.10 Å². The molecule has 4 heteroatoms. The van der Waals surface area contributed by atoms with Crippen LogP contribution in [0, 0.1) is 11.8 Å². The standard InChI is InChI=1S/C16H20N4/c1-2-4-16(5-3-1)20-7-6-15(18-20)12-19-10-13-8-17-9-14(13)11-19/h1-7,13-14,17H,8-12H2/t13-,14+. The number of nitrogens with zero attached hydrogens (tertiary/aromatic N) is 3. The third-order valence-corrected chi connectivity index (χ3v) is 4.52. The fourth-order valence-electron chi connectivity index (χ4n) is 3.48. The first kappa shape index (κ1) is 12.1. The van der Waals surface area contributed by atoms with Gasteiger partial charge < -0.3 is 5.32 Å². The highest BCUT2D eigenvalue weighted by Crippen LogP contribution is 2.27. The molecule has 0 unspecified atom stereocenters. The molecular weight excluding hydrogens is 248 g/mol. The SMILES string of the molecule is c1ccc(-n2ccc(CN3C[C@H]4CNC[C@H]4C3)n2)cc1. The third-order valence-electron chi connectivity index (χ3n) is 4.52. The molecule has 0 aliphatic carbocycles. The van der Waals surface area contributed by atoms with E-state index in [1.807, 2.05) is 22.9 Å². The van der Waals surface area contributed by atoms with Gasteiger partial charge in [0.2, 0.25) is 0 Å². The molecule has 0 saturated carbocycles. The summed E-state index contributed by atoms with van der Waals surface area (Å²) >= 11 is 0. The minimum absolute atomic E-state index is 0.853. The van der Waals surface area contributed by atoms with Crippen LogP contribution in [0.5, 0.6) is 0 Å². The highest BCUT2D eigenvalue weighted by atomic mass is 15.3. The van der Waals surface area contributed by atoms with Crippen LogP contribution in [0.1, 0.15) is 5.69 Å². The maximum Gasteiger partial charge on any atom is 0.0769 e. The molecule has 1 N–H and O–H groups in total. The lowest BCUT2D eigenvalue weighted by Gasteiger charge is -2.15. The number of fused-ring (bicyclic) bond motifs is 1. The lowest BCUT2D eigenvalue weighted by Crippen LogP contribution is -2.25. The molecule has 0 amide bonds.